The summed E-state index contributed by atoms with van der Waals surface area (Å²) < 4.78 is 33.9. The highest BCUT2D eigenvalue weighted by molar-refractivity contribution is 7.54. The van der Waals surface area contributed by atoms with Crippen LogP contribution in [0.4, 0.5) is 0 Å². The zero-order valence-corrected chi connectivity index (χ0v) is 12.7. The Kier molecular flexibility index (Phi) is 6.52. The predicted octanol–water partition coefficient (Wildman–Crippen LogP) is 3.61. The Balaban J connectivity index is 3.11. The van der Waals surface area contributed by atoms with E-state index in [0.29, 0.717) is 24.5 Å². The zero-order chi connectivity index (χ0) is 14.3. The first-order valence-electron chi connectivity index (χ1n) is 6.16. The standard InChI is InChI=1S/C13H21O5P/c1-5-17-19(14,18-6-2)13(16-4)11-8-7-9-12(10-11)15-3/h7-10,13H,5-6H2,1-4H3. The lowest BCUT2D eigenvalue weighted by Gasteiger charge is -2.25. The van der Waals surface area contributed by atoms with Gasteiger partial charge in [-0.2, -0.15) is 0 Å². The molecule has 0 aliphatic rings. The number of benzene rings is 1. The molecular formula is C13H21O5P. The Labute approximate surface area is 114 Å². The Morgan fingerprint density at radius 3 is 2.26 bits per heavy atom. The average molecular weight is 288 g/mol. The molecule has 0 aliphatic heterocycles. The summed E-state index contributed by atoms with van der Waals surface area (Å²) >= 11 is 0. The van der Waals surface area contributed by atoms with Gasteiger partial charge in [-0.3, -0.25) is 4.57 Å². The molecular weight excluding hydrogens is 267 g/mol. The van der Waals surface area contributed by atoms with Crippen molar-refractivity contribution < 1.29 is 23.1 Å². The summed E-state index contributed by atoms with van der Waals surface area (Å²) in [5.41, 5.74) is 0.701. The van der Waals surface area contributed by atoms with Crippen LogP contribution >= 0.6 is 7.60 Å². The topological polar surface area (TPSA) is 54.0 Å². The highest BCUT2D eigenvalue weighted by Gasteiger charge is 2.37. The van der Waals surface area contributed by atoms with Crippen LogP contribution in [0.2, 0.25) is 0 Å². The molecule has 1 aromatic rings. The molecule has 0 aliphatic carbocycles. The van der Waals surface area contributed by atoms with Crippen molar-refractivity contribution in [2.24, 2.45) is 0 Å². The summed E-state index contributed by atoms with van der Waals surface area (Å²) in [5, 5.41) is 0. The Hall–Kier alpha value is -0.870. The summed E-state index contributed by atoms with van der Waals surface area (Å²) in [6, 6.07) is 7.19. The van der Waals surface area contributed by atoms with Crippen molar-refractivity contribution in [1.29, 1.82) is 0 Å². The van der Waals surface area contributed by atoms with Gasteiger partial charge in [0.05, 0.1) is 20.3 Å². The maximum atomic E-state index is 12.7. The molecule has 1 rings (SSSR count). The van der Waals surface area contributed by atoms with Crippen LogP contribution in [0.15, 0.2) is 24.3 Å². The molecule has 0 heterocycles. The number of hydrogen-bond acceptors (Lipinski definition) is 5. The van der Waals surface area contributed by atoms with Gasteiger partial charge in [0.2, 0.25) is 0 Å². The van der Waals surface area contributed by atoms with Gasteiger partial charge >= 0.3 is 7.60 Å². The summed E-state index contributed by atoms with van der Waals surface area (Å²) in [6.45, 7) is 4.12. The predicted molar refractivity (Wildman–Crippen MR) is 73.6 cm³/mol. The number of ether oxygens (including phenoxy) is 2. The minimum Gasteiger partial charge on any atom is -0.497 e. The number of rotatable bonds is 8. The van der Waals surface area contributed by atoms with E-state index in [-0.39, 0.29) is 0 Å². The summed E-state index contributed by atoms with van der Waals surface area (Å²) in [5.74, 6) is -0.0957. The summed E-state index contributed by atoms with van der Waals surface area (Å²) in [7, 11) is -0.304. The highest BCUT2D eigenvalue weighted by atomic mass is 31.2. The Morgan fingerprint density at radius 2 is 1.79 bits per heavy atom. The molecule has 0 saturated carbocycles. The van der Waals surface area contributed by atoms with E-state index in [0.717, 1.165) is 0 Å². The number of hydrogen-bond donors (Lipinski definition) is 0. The van der Waals surface area contributed by atoms with Gasteiger partial charge in [-0.05, 0) is 31.5 Å². The van der Waals surface area contributed by atoms with Crippen LogP contribution in [0.25, 0.3) is 0 Å². The number of methoxy groups -OCH3 is 2. The first kappa shape index (κ1) is 16.2. The quantitative estimate of drug-likeness (QED) is 0.684. The Morgan fingerprint density at radius 1 is 1.16 bits per heavy atom. The molecule has 0 bridgehead atoms. The fourth-order valence-electron chi connectivity index (χ4n) is 1.78. The van der Waals surface area contributed by atoms with Crippen molar-refractivity contribution in [2.45, 2.75) is 19.7 Å². The van der Waals surface area contributed by atoms with E-state index in [2.05, 4.69) is 0 Å². The van der Waals surface area contributed by atoms with Gasteiger partial charge in [0.15, 0.2) is 5.85 Å². The van der Waals surface area contributed by atoms with E-state index in [1.165, 1.54) is 7.11 Å². The van der Waals surface area contributed by atoms with Crippen molar-refractivity contribution in [3.63, 3.8) is 0 Å². The maximum Gasteiger partial charge on any atom is 0.363 e. The largest absolute Gasteiger partial charge is 0.497 e. The first-order valence-corrected chi connectivity index (χ1v) is 7.78. The summed E-state index contributed by atoms with van der Waals surface area (Å²) in [6.07, 6.45) is 0. The lowest BCUT2D eigenvalue weighted by atomic mass is 10.2. The van der Waals surface area contributed by atoms with Gasteiger partial charge in [-0.25, -0.2) is 0 Å². The van der Waals surface area contributed by atoms with Gasteiger partial charge in [-0.15, -0.1) is 0 Å². The van der Waals surface area contributed by atoms with Crippen LogP contribution in [-0.4, -0.2) is 27.4 Å². The van der Waals surface area contributed by atoms with E-state index in [1.54, 1.807) is 33.1 Å². The van der Waals surface area contributed by atoms with Crippen LogP contribution in [0.3, 0.4) is 0 Å². The molecule has 0 spiro atoms. The lowest BCUT2D eigenvalue weighted by Crippen LogP contribution is -2.08. The fraction of sp³-hybridized carbons (Fsp3) is 0.538. The fourth-order valence-corrected chi connectivity index (χ4v) is 3.62. The third-order valence-electron chi connectivity index (χ3n) is 2.51. The van der Waals surface area contributed by atoms with Crippen molar-refractivity contribution in [1.82, 2.24) is 0 Å². The van der Waals surface area contributed by atoms with Crippen LogP contribution in [0.5, 0.6) is 5.75 Å². The molecule has 0 radical (unpaired) electrons. The second-order valence-electron chi connectivity index (χ2n) is 3.74. The van der Waals surface area contributed by atoms with Gasteiger partial charge in [-0.1, -0.05) is 12.1 Å². The Bertz CT molecular complexity index is 425. The molecule has 0 aromatic heterocycles. The van der Waals surface area contributed by atoms with Crippen molar-refractivity contribution in [2.75, 3.05) is 27.4 Å². The molecule has 19 heavy (non-hydrogen) atoms. The monoisotopic (exact) mass is 288 g/mol. The molecule has 1 aromatic carbocycles. The third kappa shape index (κ3) is 4.05. The van der Waals surface area contributed by atoms with E-state index < -0.39 is 13.4 Å². The zero-order valence-electron chi connectivity index (χ0n) is 11.8. The molecule has 6 heteroatoms. The first-order chi connectivity index (χ1) is 9.11. The molecule has 108 valence electrons. The normalized spacial score (nSPS) is 13.3. The molecule has 0 saturated heterocycles. The smallest absolute Gasteiger partial charge is 0.363 e. The van der Waals surface area contributed by atoms with E-state index in [1.807, 2.05) is 12.1 Å². The van der Waals surface area contributed by atoms with Gasteiger partial charge in [0.25, 0.3) is 0 Å². The van der Waals surface area contributed by atoms with E-state index in [9.17, 15) is 4.57 Å². The van der Waals surface area contributed by atoms with Crippen molar-refractivity contribution >= 4 is 7.60 Å². The molecule has 1 atom stereocenters. The maximum absolute atomic E-state index is 12.7. The van der Waals surface area contributed by atoms with Gasteiger partial charge in [0.1, 0.15) is 5.75 Å². The molecule has 1 unspecified atom stereocenters. The van der Waals surface area contributed by atoms with E-state index >= 15 is 0 Å². The van der Waals surface area contributed by atoms with Crippen LogP contribution in [0.1, 0.15) is 25.3 Å². The van der Waals surface area contributed by atoms with E-state index in [4.69, 9.17) is 18.5 Å². The van der Waals surface area contributed by atoms with Crippen molar-refractivity contribution in [3.8, 4) is 5.75 Å². The minimum atomic E-state index is -3.36. The van der Waals surface area contributed by atoms with Gasteiger partial charge in [0, 0.05) is 7.11 Å². The second kappa shape index (κ2) is 7.65. The molecule has 0 N–H and O–H groups in total. The molecule has 5 nitrogen and oxygen atoms in total. The van der Waals surface area contributed by atoms with Crippen LogP contribution in [-0.2, 0) is 18.3 Å². The highest BCUT2D eigenvalue weighted by Crippen LogP contribution is 2.61. The van der Waals surface area contributed by atoms with Crippen LogP contribution < -0.4 is 4.74 Å². The average Bonchev–Trinajstić information content (AvgIpc) is 2.40. The van der Waals surface area contributed by atoms with Crippen molar-refractivity contribution in [3.05, 3.63) is 29.8 Å². The third-order valence-corrected chi connectivity index (χ3v) is 4.83. The lowest BCUT2D eigenvalue weighted by molar-refractivity contribution is 0.109. The SMILES string of the molecule is CCOP(=O)(OCC)C(OC)c1cccc(OC)c1. The molecule has 0 fully saturated rings. The van der Waals surface area contributed by atoms with Gasteiger partial charge < -0.3 is 18.5 Å². The minimum absolute atomic E-state index is 0.293. The summed E-state index contributed by atoms with van der Waals surface area (Å²) in [4.78, 5) is 0. The second-order valence-corrected chi connectivity index (χ2v) is 5.81. The molecule has 0 amide bonds. The van der Waals surface area contributed by atoms with Crippen LogP contribution in [0, 0.1) is 0 Å².